The molecule has 2 N–H and O–H groups in total. The molecule has 0 aliphatic rings. The van der Waals surface area contributed by atoms with Crippen molar-refractivity contribution in [3.8, 4) is 22.7 Å². The quantitative estimate of drug-likeness (QED) is 0.300. The van der Waals surface area contributed by atoms with Crippen LogP contribution in [0, 0.1) is 13.8 Å². The molecule has 8 heteroatoms. The maximum Gasteiger partial charge on any atom is 0.263 e. The monoisotopic (exact) mass is 530 g/mol. The molecule has 0 saturated carbocycles. The molecule has 3 heterocycles. The number of hydrogen-bond acceptors (Lipinski definition) is 6. The molecule has 3 aromatic heterocycles. The van der Waals surface area contributed by atoms with E-state index >= 15 is 0 Å². The van der Waals surface area contributed by atoms with Gasteiger partial charge in [-0.1, -0.05) is 43.3 Å². The Bertz CT molecular complexity index is 1970. The first kappa shape index (κ1) is 25.3. The van der Waals surface area contributed by atoms with Gasteiger partial charge in [-0.05, 0) is 72.7 Å². The van der Waals surface area contributed by atoms with E-state index in [1.165, 1.54) is 6.33 Å². The van der Waals surface area contributed by atoms with Gasteiger partial charge >= 0.3 is 0 Å². The van der Waals surface area contributed by atoms with E-state index in [0.717, 1.165) is 51.2 Å². The molecule has 0 atom stereocenters. The molecule has 40 heavy (non-hydrogen) atoms. The fourth-order valence-corrected chi connectivity index (χ4v) is 5.48. The molecule has 0 radical (unpaired) electrons. The number of para-hydroxylation sites is 1. The Labute approximate surface area is 231 Å². The second kappa shape index (κ2) is 9.96. The molecule has 6 aromatic rings. The number of benzene rings is 3. The van der Waals surface area contributed by atoms with Crippen LogP contribution in [0.25, 0.3) is 38.8 Å². The Kier molecular flexibility index (Phi) is 6.30. The average Bonchev–Trinajstić information content (AvgIpc) is 3.33. The summed E-state index contributed by atoms with van der Waals surface area (Å²) in [5.41, 5.74) is 13.2. The molecule has 0 aliphatic carbocycles. The molecule has 0 bridgehead atoms. The predicted octanol–water partition coefficient (Wildman–Crippen LogP) is 5.62. The number of aryl methyl sites for hydroxylation is 3. The summed E-state index contributed by atoms with van der Waals surface area (Å²) in [6, 6.07) is 21.9. The highest BCUT2D eigenvalue weighted by Gasteiger charge is 2.21. The van der Waals surface area contributed by atoms with Gasteiger partial charge in [0.1, 0.15) is 23.6 Å². The lowest BCUT2D eigenvalue weighted by Crippen LogP contribution is -2.25. The van der Waals surface area contributed by atoms with Crippen LogP contribution in [-0.4, -0.2) is 31.4 Å². The molecule has 200 valence electrons. The normalized spacial score (nSPS) is 11.4. The van der Waals surface area contributed by atoms with Crippen LogP contribution < -0.4 is 16.0 Å². The van der Waals surface area contributed by atoms with Crippen molar-refractivity contribution in [1.82, 2.24) is 24.3 Å². The number of rotatable bonds is 6. The fraction of sp³-hybridized carbons (Fsp3) is 0.188. The van der Waals surface area contributed by atoms with Gasteiger partial charge in [0.15, 0.2) is 5.65 Å². The third-order valence-corrected chi connectivity index (χ3v) is 7.49. The lowest BCUT2D eigenvalue weighted by atomic mass is 10.0. The Hall–Kier alpha value is -4.98. The number of ether oxygens (including phenoxy) is 1. The molecule has 0 spiro atoms. The van der Waals surface area contributed by atoms with Crippen LogP contribution in [0.1, 0.15) is 29.3 Å². The van der Waals surface area contributed by atoms with Gasteiger partial charge in [-0.2, -0.15) is 5.10 Å². The zero-order chi connectivity index (χ0) is 28.0. The summed E-state index contributed by atoms with van der Waals surface area (Å²) in [6.45, 7) is 6.37. The fourth-order valence-electron chi connectivity index (χ4n) is 5.48. The van der Waals surface area contributed by atoms with Gasteiger partial charge in [-0.25, -0.2) is 14.6 Å². The number of nitrogen functional groups attached to an aromatic ring is 1. The molecule has 0 aliphatic heterocycles. The van der Waals surface area contributed by atoms with Crippen molar-refractivity contribution in [3.05, 3.63) is 106 Å². The van der Waals surface area contributed by atoms with Crippen LogP contribution in [-0.2, 0) is 13.0 Å². The molecule has 8 nitrogen and oxygen atoms in total. The van der Waals surface area contributed by atoms with Gasteiger partial charge in [0.2, 0.25) is 0 Å². The summed E-state index contributed by atoms with van der Waals surface area (Å²) in [5.74, 6) is 1.18. The van der Waals surface area contributed by atoms with Gasteiger partial charge in [0, 0.05) is 11.3 Å². The van der Waals surface area contributed by atoms with E-state index in [1.807, 2.05) is 73.1 Å². The van der Waals surface area contributed by atoms with Crippen LogP contribution in [0.2, 0.25) is 0 Å². The van der Waals surface area contributed by atoms with Crippen molar-refractivity contribution in [2.24, 2.45) is 0 Å². The highest BCUT2D eigenvalue weighted by Crippen LogP contribution is 2.33. The van der Waals surface area contributed by atoms with E-state index in [4.69, 9.17) is 15.6 Å². The minimum Gasteiger partial charge on any atom is -0.496 e. The Balaban J connectivity index is 1.60. The van der Waals surface area contributed by atoms with Crippen LogP contribution in [0.15, 0.2) is 77.9 Å². The van der Waals surface area contributed by atoms with Crippen molar-refractivity contribution >= 4 is 27.6 Å². The molecule has 0 amide bonds. The number of hydrogen-bond donors (Lipinski definition) is 1. The Morgan fingerprint density at radius 3 is 2.50 bits per heavy atom. The largest absolute Gasteiger partial charge is 0.496 e. The summed E-state index contributed by atoms with van der Waals surface area (Å²) < 4.78 is 9.14. The topological polar surface area (TPSA) is 101 Å². The van der Waals surface area contributed by atoms with Gasteiger partial charge in [-0.15, -0.1) is 0 Å². The minimum atomic E-state index is -0.0616. The van der Waals surface area contributed by atoms with Crippen LogP contribution >= 0.6 is 0 Å². The molecular weight excluding hydrogens is 500 g/mol. The number of aromatic nitrogens is 5. The molecule has 6 rings (SSSR count). The Morgan fingerprint density at radius 1 is 0.925 bits per heavy atom. The summed E-state index contributed by atoms with van der Waals surface area (Å²) in [7, 11) is 1.67. The first-order valence-electron chi connectivity index (χ1n) is 13.3. The Morgan fingerprint density at radius 2 is 1.73 bits per heavy atom. The zero-order valence-electron chi connectivity index (χ0n) is 23.0. The molecule has 0 unspecified atom stereocenters. The smallest absolute Gasteiger partial charge is 0.263 e. The molecule has 0 fully saturated rings. The van der Waals surface area contributed by atoms with Crippen LogP contribution in [0.5, 0.6) is 5.75 Å². The van der Waals surface area contributed by atoms with Gasteiger partial charge < -0.3 is 10.5 Å². The highest BCUT2D eigenvalue weighted by molar-refractivity contribution is 5.98. The predicted molar refractivity (Wildman–Crippen MR) is 159 cm³/mol. The lowest BCUT2D eigenvalue weighted by Gasteiger charge is -2.17. The van der Waals surface area contributed by atoms with Crippen LogP contribution in [0.3, 0.4) is 0 Å². The first-order chi connectivity index (χ1) is 19.4. The van der Waals surface area contributed by atoms with Gasteiger partial charge in [-0.3, -0.25) is 9.36 Å². The van der Waals surface area contributed by atoms with E-state index in [9.17, 15) is 4.79 Å². The summed E-state index contributed by atoms with van der Waals surface area (Å²) in [4.78, 5) is 22.9. The number of fused-ring (bicyclic) bond motifs is 2. The first-order valence-corrected chi connectivity index (χ1v) is 13.3. The number of nitrogens with two attached hydrogens (primary N) is 1. The van der Waals surface area contributed by atoms with Crippen molar-refractivity contribution in [3.63, 3.8) is 0 Å². The maximum atomic E-state index is 14.1. The summed E-state index contributed by atoms with van der Waals surface area (Å²) in [5, 5.41) is 7.28. The van der Waals surface area contributed by atoms with Crippen molar-refractivity contribution in [2.45, 2.75) is 33.7 Å². The van der Waals surface area contributed by atoms with E-state index in [0.29, 0.717) is 34.5 Å². The summed E-state index contributed by atoms with van der Waals surface area (Å²) in [6.07, 6.45) is 2.25. The van der Waals surface area contributed by atoms with Gasteiger partial charge in [0.25, 0.3) is 5.56 Å². The third kappa shape index (κ3) is 4.09. The zero-order valence-corrected chi connectivity index (χ0v) is 23.0. The average molecular weight is 531 g/mol. The van der Waals surface area contributed by atoms with E-state index in [1.54, 1.807) is 11.7 Å². The van der Waals surface area contributed by atoms with E-state index < -0.39 is 0 Å². The standard InChI is InChI=1S/C32H30N6O2/c1-5-21-15-23(13-14-26(21)40-4)29-28-30(33)34-18-35-31(28)37(36-29)17-24-16-22-11-8-10-20(3)27(22)32(39)38(24)25-12-7-6-9-19(25)2/h6-16,18H,5,17H2,1-4H3,(H2,33,34,35). The second-order valence-corrected chi connectivity index (χ2v) is 9.95. The number of anilines is 1. The van der Waals surface area contributed by atoms with Crippen LogP contribution in [0.4, 0.5) is 5.82 Å². The highest BCUT2D eigenvalue weighted by atomic mass is 16.5. The number of pyridine rings is 1. The SMILES string of the molecule is CCc1cc(-c2nn(Cc3cc4cccc(C)c4c(=O)n3-c3ccccc3C)c3ncnc(N)c23)ccc1OC. The van der Waals surface area contributed by atoms with Crippen molar-refractivity contribution in [1.29, 1.82) is 0 Å². The molecule has 3 aromatic carbocycles. The second-order valence-electron chi connectivity index (χ2n) is 9.95. The summed E-state index contributed by atoms with van der Waals surface area (Å²) >= 11 is 0. The molecule has 0 saturated heterocycles. The lowest BCUT2D eigenvalue weighted by molar-refractivity contribution is 0.410. The molecular formula is C32H30N6O2. The van der Waals surface area contributed by atoms with Crippen molar-refractivity contribution in [2.75, 3.05) is 12.8 Å². The van der Waals surface area contributed by atoms with E-state index in [2.05, 4.69) is 29.0 Å². The minimum absolute atomic E-state index is 0.0616. The maximum absolute atomic E-state index is 14.1. The van der Waals surface area contributed by atoms with Gasteiger partial charge in [0.05, 0.1) is 30.1 Å². The number of nitrogens with zero attached hydrogens (tertiary/aromatic N) is 5. The van der Waals surface area contributed by atoms with Crippen molar-refractivity contribution < 1.29 is 4.74 Å². The van der Waals surface area contributed by atoms with E-state index in [-0.39, 0.29) is 5.56 Å². The third-order valence-electron chi connectivity index (χ3n) is 7.49. The number of methoxy groups -OCH3 is 1.